The van der Waals surface area contributed by atoms with Gasteiger partial charge in [-0.1, -0.05) is 0 Å². The van der Waals surface area contributed by atoms with Crippen LogP contribution in [-0.2, 0) is 6.61 Å². The highest BCUT2D eigenvalue weighted by Gasteiger charge is 2.20. The van der Waals surface area contributed by atoms with Crippen LogP contribution in [0.15, 0.2) is 6.20 Å². The molecule has 14 heavy (non-hydrogen) atoms. The van der Waals surface area contributed by atoms with Gasteiger partial charge in [-0.05, 0) is 22.6 Å². The topological polar surface area (TPSA) is 42.4 Å². The van der Waals surface area contributed by atoms with Gasteiger partial charge in [0.2, 0.25) is 0 Å². The second kappa shape index (κ2) is 4.83. The molecule has 0 aliphatic heterocycles. The lowest BCUT2D eigenvalue weighted by atomic mass is 10.2. The summed E-state index contributed by atoms with van der Waals surface area (Å²) in [6, 6.07) is 0. The highest BCUT2D eigenvalue weighted by molar-refractivity contribution is 14.1. The molecule has 0 fully saturated rings. The number of hydrogen-bond donors (Lipinski definition) is 1. The Hall–Kier alpha value is -0.500. The Morgan fingerprint density at radius 2 is 2.29 bits per heavy atom. The van der Waals surface area contributed by atoms with Crippen molar-refractivity contribution in [3.8, 4) is 5.75 Å². The molecule has 1 aromatic rings. The van der Waals surface area contributed by atoms with Crippen LogP contribution < -0.4 is 4.74 Å². The van der Waals surface area contributed by atoms with E-state index in [1.54, 1.807) is 22.6 Å². The monoisotopic (exact) mass is 315 g/mol. The lowest BCUT2D eigenvalue weighted by Gasteiger charge is -2.11. The van der Waals surface area contributed by atoms with Crippen LogP contribution in [0.4, 0.5) is 8.78 Å². The van der Waals surface area contributed by atoms with E-state index < -0.39 is 6.43 Å². The minimum Gasteiger partial charge on any atom is -0.495 e. The van der Waals surface area contributed by atoms with E-state index >= 15 is 0 Å². The summed E-state index contributed by atoms with van der Waals surface area (Å²) in [5.41, 5.74) is 0.0221. The number of pyridine rings is 1. The third kappa shape index (κ3) is 2.11. The molecule has 3 nitrogen and oxygen atoms in total. The molecule has 0 aromatic carbocycles. The molecule has 1 N–H and O–H groups in total. The van der Waals surface area contributed by atoms with Gasteiger partial charge in [-0.2, -0.15) is 0 Å². The number of methoxy groups -OCH3 is 1. The average Bonchev–Trinajstić information content (AvgIpc) is 2.16. The first-order valence-electron chi connectivity index (χ1n) is 3.72. The maximum Gasteiger partial charge on any atom is 0.268 e. The Labute approximate surface area is 93.2 Å². The van der Waals surface area contributed by atoms with Gasteiger partial charge in [0.1, 0.15) is 5.75 Å². The smallest absolute Gasteiger partial charge is 0.268 e. The molecule has 0 radical (unpaired) electrons. The zero-order valence-corrected chi connectivity index (χ0v) is 9.46. The third-order valence-corrected chi connectivity index (χ3v) is 2.88. The number of hydrogen-bond acceptors (Lipinski definition) is 3. The second-order valence-electron chi connectivity index (χ2n) is 2.46. The fourth-order valence-electron chi connectivity index (χ4n) is 1.00. The molecule has 0 bridgehead atoms. The van der Waals surface area contributed by atoms with Gasteiger partial charge >= 0.3 is 0 Å². The van der Waals surface area contributed by atoms with E-state index in [0.717, 1.165) is 0 Å². The molecule has 0 unspecified atom stereocenters. The van der Waals surface area contributed by atoms with E-state index in [1.807, 2.05) is 0 Å². The number of aromatic nitrogens is 1. The summed E-state index contributed by atoms with van der Waals surface area (Å²) in [7, 11) is 1.30. The van der Waals surface area contributed by atoms with Gasteiger partial charge in [0.15, 0.2) is 0 Å². The fourth-order valence-corrected chi connectivity index (χ4v) is 1.81. The predicted octanol–water partition coefficient (Wildman–Crippen LogP) is 2.12. The van der Waals surface area contributed by atoms with Gasteiger partial charge in [0, 0.05) is 3.57 Å². The van der Waals surface area contributed by atoms with Gasteiger partial charge < -0.3 is 9.84 Å². The highest BCUT2D eigenvalue weighted by atomic mass is 127. The van der Waals surface area contributed by atoms with Crippen molar-refractivity contribution in [3.05, 3.63) is 21.0 Å². The maximum atomic E-state index is 12.6. The zero-order chi connectivity index (χ0) is 10.7. The summed E-state index contributed by atoms with van der Waals surface area (Å²) in [5.74, 6) is 0.0431. The SMILES string of the molecule is COc1cnc(CO)c(I)c1C(F)F. The molecule has 6 heteroatoms. The first-order valence-corrected chi connectivity index (χ1v) is 4.80. The predicted molar refractivity (Wildman–Crippen MR) is 54.4 cm³/mol. The summed E-state index contributed by atoms with van der Waals surface area (Å²) in [4.78, 5) is 3.79. The number of ether oxygens (including phenoxy) is 1. The lowest BCUT2D eigenvalue weighted by Crippen LogP contribution is -2.02. The number of aliphatic hydroxyl groups excluding tert-OH is 1. The second-order valence-corrected chi connectivity index (χ2v) is 3.54. The molecule has 0 atom stereocenters. The summed E-state index contributed by atoms with van der Waals surface area (Å²) in [6.07, 6.45) is -1.44. The Kier molecular flexibility index (Phi) is 3.99. The number of aliphatic hydroxyl groups is 1. The van der Waals surface area contributed by atoms with Gasteiger partial charge in [-0.15, -0.1) is 0 Å². The molecule has 1 aromatic heterocycles. The number of alkyl halides is 2. The van der Waals surface area contributed by atoms with Crippen molar-refractivity contribution in [2.24, 2.45) is 0 Å². The van der Waals surface area contributed by atoms with Crippen molar-refractivity contribution in [1.82, 2.24) is 4.98 Å². The normalized spacial score (nSPS) is 10.7. The molecule has 1 rings (SSSR count). The quantitative estimate of drug-likeness (QED) is 0.869. The van der Waals surface area contributed by atoms with Crippen molar-refractivity contribution in [2.75, 3.05) is 7.11 Å². The van der Waals surface area contributed by atoms with E-state index in [0.29, 0.717) is 0 Å². The van der Waals surface area contributed by atoms with Crippen molar-refractivity contribution in [1.29, 1.82) is 0 Å². The van der Waals surface area contributed by atoms with E-state index in [4.69, 9.17) is 9.84 Å². The van der Waals surface area contributed by atoms with Crippen molar-refractivity contribution >= 4 is 22.6 Å². The Bertz CT molecular complexity index is 333. The first kappa shape index (κ1) is 11.6. The minimum atomic E-state index is -2.63. The van der Waals surface area contributed by atoms with E-state index in [-0.39, 0.29) is 27.2 Å². The average molecular weight is 315 g/mol. The maximum absolute atomic E-state index is 12.6. The first-order chi connectivity index (χ1) is 6.61. The van der Waals surface area contributed by atoms with Crippen LogP contribution in [0.2, 0.25) is 0 Å². The van der Waals surface area contributed by atoms with E-state index in [2.05, 4.69) is 4.98 Å². The fraction of sp³-hybridized carbons (Fsp3) is 0.375. The molecule has 0 aliphatic rings. The molecular weight excluding hydrogens is 307 g/mol. The summed E-state index contributed by atoms with van der Waals surface area (Å²) in [6.45, 7) is -0.359. The molecule has 0 spiro atoms. The molecule has 78 valence electrons. The summed E-state index contributed by atoms with van der Waals surface area (Å²) >= 11 is 1.72. The number of rotatable bonds is 3. The molecule has 0 amide bonds. The third-order valence-electron chi connectivity index (χ3n) is 1.68. The van der Waals surface area contributed by atoms with E-state index in [1.165, 1.54) is 13.3 Å². The minimum absolute atomic E-state index is 0.0431. The number of halogens is 3. The molecule has 0 saturated carbocycles. The van der Waals surface area contributed by atoms with Crippen LogP contribution in [0.25, 0.3) is 0 Å². The molecule has 0 aliphatic carbocycles. The van der Waals surface area contributed by atoms with Crippen molar-refractivity contribution in [3.63, 3.8) is 0 Å². The van der Waals surface area contributed by atoms with Crippen molar-refractivity contribution in [2.45, 2.75) is 13.0 Å². The largest absolute Gasteiger partial charge is 0.495 e. The van der Waals surface area contributed by atoms with Crippen molar-refractivity contribution < 1.29 is 18.6 Å². The molecular formula is C8H8F2INO2. The Balaban J connectivity index is 3.31. The van der Waals surface area contributed by atoms with Crippen LogP contribution in [0.3, 0.4) is 0 Å². The molecule has 0 saturated heterocycles. The van der Waals surface area contributed by atoms with Crippen LogP contribution in [-0.4, -0.2) is 17.2 Å². The van der Waals surface area contributed by atoms with Gasteiger partial charge in [-0.3, -0.25) is 4.98 Å². The summed E-state index contributed by atoms with van der Waals surface area (Å²) < 4.78 is 30.2. The number of nitrogens with zero attached hydrogens (tertiary/aromatic N) is 1. The van der Waals surface area contributed by atoms with Gasteiger partial charge in [-0.25, -0.2) is 8.78 Å². The van der Waals surface area contributed by atoms with Gasteiger partial charge in [0.05, 0.1) is 31.2 Å². The van der Waals surface area contributed by atoms with Crippen LogP contribution in [0, 0.1) is 3.57 Å². The van der Waals surface area contributed by atoms with Crippen LogP contribution in [0.1, 0.15) is 17.7 Å². The van der Waals surface area contributed by atoms with Crippen LogP contribution >= 0.6 is 22.6 Å². The Morgan fingerprint density at radius 1 is 1.64 bits per heavy atom. The standard InChI is InChI=1S/C8H8F2INO2/c1-14-5-2-12-4(3-13)7(11)6(5)8(9)10/h2,8,13H,3H2,1H3. The Morgan fingerprint density at radius 3 is 2.71 bits per heavy atom. The van der Waals surface area contributed by atoms with Crippen LogP contribution in [0.5, 0.6) is 5.75 Å². The molecule has 1 heterocycles. The van der Waals surface area contributed by atoms with Gasteiger partial charge in [0.25, 0.3) is 6.43 Å². The summed E-state index contributed by atoms with van der Waals surface area (Å²) in [5, 5.41) is 8.84. The van der Waals surface area contributed by atoms with E-state index in [9.17, 15) is 8.78 Å². The lowest BCUT2D eigenvalue weighted by molar-refractivity contribution is 0.145. The zero-order valence-electron chi connectivity index (χ0n) is 7.30. The highest BCUT2D eigenvalue weighted by Crippen LogP contribution is 2.33.